The Hall–Kier alpha value is -3.09. The van der Waals surface area contributed by atoms with Crippen molar-refractivity contribution in [2.24, 2.45) is 0 Å². The van der Waals surface area contributed by atoms with Gasteiger partial charge in [0.05, 0.1) is 22.3 Å². The molecule has 0 aliphatic carbocycles. The van der Waals surface area contributed by atoms with Gasteiger partial charge in [0.2, 0.25) is 5.91 Å². The van der Waals surface area contributed by atoms with E-state index in [0.717, 1.165) is 12.8 Å². The van der Waals surface area contributed by atoms with Crippen molar-refractivity contribution in [3.05, 3.63) is 99.8 Å². The first-order valence-electron chi connectivity index (χ1n) is 10.7. The molecule has 1 N–H and O–H groups in total. The lowest BCUT2D eigenvalue weighted by Gasteiger charge is -2.15. The molecule has 0 unspecified atom stereocenters. The highest BCUT2D eigenvalue weighted by molar-refractivity contribution is 7.99. The summed E-state index contributed by atoms with van der Waals surface area (Å²) in [5.41, 5.74) is 2.33. The van der Waals surface area contributed by atoms with Crippen molar-refractivity contribution < 1.29 is 4.79 Å². The molecule has 0 saturated heterocycles. The molecule has 0 aliphatic rings. The van der Waals surface area contributed by atoms with Crippen LogP contribution in [0.25, 0.3) is 16.6 Å². The van der Waals surface area contributed by atoms with E-state index >= 15 is 0 Å². The Morgan fingerprint density at radius 2 is 1.73 bits per heavy atom. The average Bonchev–Trinajstić information content (AvgIpc) is 2.83. The molecule has 0 aliphatic heterocycles. The number of aryl methyl sites for hydroxylation is 1. The average molecular weight is 478 g/mol. The number of carbonyl (C=O) groups is 1. The minimum absolute atomic E-state index is 0.0429. The van der Waals surface area contributed by atoms with Gasteiger partial charge in [-0.05, 0) is 61.7 Å². The predicted molar refractivity (Wildman–Crippen MR) is 135 cm³/mol. The third-order valence-electron chi connectivity index (χ3n) is 5.28. The molecule has 7 heteroatoms. The van der Waals surface area contributed by atoms with Crippen molar-refractivity contribution in [1.29, 1.82) is 0 Å². The first-order chi connectivity index (χ1) is 16.0. The normalized spacial score (nSPS) is 11.9. The van der Waals surface area contributed by atoms with Crippen LogP contribution in [0.4, 0.5) is 0 Å². The van der Waals surface area contributed by atoms with Gasteiger partial charge in [-0.1, -0.05) is 65.8 Å². The van der Waals surface area contributed by atoms with Crippen molar-refractivity contribution in [2.75, 3.05) is 5.75 Å². The number of para-hydroxylation sites is 1. The van der Waals surface area contributed by atoms with Crippen LogP contribution in [0.3, 0.4) is 0 Å². The highest BCUT2D eigenvalue weighted by Gasteiger charge is 2.15. The lowest BCUT2D eigenvalue weighted by molar-refractivity contribution is -0.119. The summed E-state index contributed by atoms with van der Waals surface area (Å²) < 4.78 is 1.54. The molecular weight excluding hydrogens is 454 g/mol. The molecule has 0 bridgehead atoms. The molecule has 1 heterocycles. The standard InChI is InChI=1S/C26H24ClN3O2S/c1-18(11-12-19-7-3-2-4-8-19)28-24(31)17-33-26-29-23-10-6-5-9-22(23)25(32)30(26)21-15-13-20(27)14-16-21/h2-10,13-16,18H,11-12,17H2,1H3,(H,28,31)/t18-/m1/s1. The maximum atomic E-state index is 13.3. The smallest absolute Gasteiger partial charge is 0.266 e. The number of amides is 1. The molecule has 4 rings (SSSR count). The number of hydrogen-bond donors (Lipinski definition) is 1. The van der Waals surface area contributed by atoms with Crippen molar-refractivity contribution in [3.8, 4) is 5.69 Å². The minimum atomic E-state index is -0.179. The Morgan fingerprint density at radius 3 is 2.48 bits per heavy atom. The van der Waals surface area contributed by atoms with Crippen LogP contribution < -0.4 is 10.9 Å². The van der Waals surface area contributed by atoms with Crippen molar-refractivity contribution in [2.45, 2.75) is 31.0 Å². The quantitative estimate of drug-likeness (QED) is 0.277. The number of nitrogens with zero attached hydrogens (tertiary/aromatic N) is 2. The third kappa shape index (κ3) is 5.83. The number of nitrogens with one attached hydrogen (secondary N) is 1. The molecule has 0 spiro atoms. The molecule has 0 fully saturated rings. The van der Waals surface area contributed by atoms with E-state index < -0.39 is 0 Å². The number of carbonyl (C=O) groups excluding carboxylic acids is 1. The predicted octanol–water partition coefficient (Wildman–Crippen LogP) is 5.27. The summed E-state index contributed by atoms with van der Waals surface area (Å²) in [5, 5.41) is 4.62. The molecule has 168 valence electrons. The zero-order valence-electron chi connectivity index (χ0n) is 18.2. The monoisotopic (exact) mass is 477 g/mol. The highest BCUT2D eigenvalue weighted by Crippen LogP contribution is 2.22. The van der Waals surface area contributed by atoms with E-state index in [9.17, 15) is 9.59 Å². The van der Waals surface area contributed by atoms with Gasteiger partial charge in [0.25, 0.3) is 5.56 Å². The summed E-state index contributed by atoms with van der Waals surface area (Å²) in [4.78, 5) is 30.5. The summed E-state index contributed by atoms with van der Waals surface area (Å²) in [6.45, 7) is 2.00. The summed E-state index contributed by atoms with van der Waals surface area (Å²) >= 11 is 7.27. The van der Waals surface area contributed by atoms with Gasteiger partial charge in [-0.2, -0.15) is 0 Å². The largest absolute Gasteiger partial charge is 0.353 e. The van der Waals surface area contributed by atoms with Crippen molar-refractivity contribution in [1.82, 2.24) is 14.9 Å². The fraction of sp³-hybridized carbons (Fsp3) is 0.192. The van der Waals surface area contributed by atoms with E-state index in [-0.39, 0.29) is 23.3 Å². The van der Waals surface area contributed by atoms with Gasteiger partial charge in [0, 0.05) is 11.1 Å². The summed E-state index contributed by atoms with van der Waals surface area (Å²) in [6, 6.07) is 24.5. The van der Waals surface area contributed by atoms with E-state index in [0.29, 0.717) is 26.8 Å². The van der Waals surface area contributed by atoms with Crippen molar-refractivity contribution in [3.63, 3.8) is 0 Å². The van der Waals surface area contributed by atoms with Crippen LogP contribution in [0.2, 0.25) is 5.02 Å². The lowest BCUT2D eigenvalue weighted by atomic mass is 10.1. The van der Waals surface area contributed by atoms with Gasteiger partial charge in [0.15, 0.2) is 5.16 Å². The van der Waals surface area contributed by atoms with Gasteiger partial charge >= 0.3 is 0 Å². The second-order valence-corrected chi connectivity index (χ2v) is 9.19. The number of thioether (sulfide) groups is 1. The van der Waals surface area contributed by atoms with E-state index in [1.54, 1.807) is 36.4 Å². The number of hydrogen-bond acceptors (Lipinski definition) is 4. The molecule has 5 nitrogen and oxygen atoms in total. The number of halogens is 1. The minimum Gasteiger partial charge on any atom is -0.353 e. The van der Waals surface area contributed by atoms with Gasteiger partial charge in [-0.3, -0.25) is 14.2 Å². The molecule has 1 aromatic heterocycles. The van der Waals surface area contributed by atoms with Crippen LogP contribution in [0, 0.1) is 0 Å². The number of aromatic nitrogens is 2. The molecule has 1 amide bonds. The second kappa shape index (κ2) is 10.7. The zero-order chi connectivity index (χ0) is 23.2. The summed E-state index contributed by atoms with van der Waals surface area (Å²) in [7, 11) is 0. The molecule has 33 heavy (non-hydrogen) atoms. The highest BCUT2D eigenvalue weighted by atomic mass is 35.5. The summed E-state index contributed by atoms with van der Waals surface area (Å²) in [5.74, 6) is 0.0687. The van der Waals surface area contributed by atoms with Gasteiger partial charge in [0.1, 0.15) is 0 Å². The lowest BCUT2D eigenvalue weighted by Crippen LogP contribution is -2.34. The Bertz CT molecular complexity index is 1310. The molecular formula is C26H24ClN3O2S. The Morgan fingerprint density at radius 1 is 1.03 bits per heavy atom. The van der Waals surface area contributed by atoms with Crippen LogP contribution in [0.1, 0.15) is 18.9 Å². The fourth-order valence-corrected chi connectivity index (χ4v) is 4.52. The molecule has 1 atom stereocenters. The van der Waals surface area contributed by atoms with Gasteiger partial charge < -0.3 is 5.32 Å². The third-order valence-corrected chi connectivity index (χ3v) is 6.47. The Kier molecular flexibility index (Phi) is 7.47. The van der Waals surface area contributed by atoms with Crippen molar-refractivity contribution >= 4 is 40.2 Å². The summed E-state index contributed by atoms with van der Waals surface area (Å²) in [6.07, 6.45) is 1.75. The van der Waals surface area contributed by atoms with Gasteiger partial charge in [-0.25, -0.2) is 4.98 Å². The molecule has 3 aromatic carbocycles. The first kappa shape index (κ1) is 23.1. The number of benzene rings is 3. The maximum absolute atomic E-state index is 13.3. The Labute approximate surface area is 201 Å². The molecule has 0 saturated carbocycles. The van der Waals surface area contributed by atoms with Crippen LogP contribution in [-0.2, 0) is 11.2 Å². The van der Waals surface area contributed by atoms with Gasteiger partial charge in [-0.15, -0.1) is 0 Å². The van der Waals surface area contributed by atoms with E-state index in [4.69, 9.17) is 11.6 Å². The number of rotatable bonds is 8. The maximum Gasteiger partial charge on any atom is 0.266 e. The SMILES string of the molecule is C[C@H](CCc1ccccc1)NC(=O)CSc1nc2ccccc2c(=O)n1-c1ccc(Cl)cc1. The topological polar surface area (TPSA) is 64.0 Å². The molecule has 4 aromatic rings. The number of fused-ring (bicyclic) bond motifs is 1. The van der Waals surface area contributed by atoms with E-state index in [1.165, 1.54) is 21.9 Å². The Balaban J connectivity index is 1.49. The fourth-order valence-electron chi connectivity index (χ4n) is 3.57. The van der Waals surface area contributed by atoms with Crippen LogP contribution in [0.15, 0.2) is 88.8 Å². The molecule has 0 radical (unpaired) electrons. The zero-order valence-corrected chi connectivity index (χ0v) is 19.8. The van der Waals surface area contributed by atoms with E-state index in [1.807, 2.05) is 37.3 Å². The van der Waals surface area contributed by atoms with Crippen LogP contribution in [0.5, 0.6) is 0 Å². The second-order valence-electron chi connectivity index (χ2n) is 7.81. The first-order valence-corrected chi connectivity index (χ1v) is 12.1. The van der Waals surface area contributed by atoms with E-state index in [2.05, 4.69) is 22.4 Å². The van der Waals surface area contributed by atoms with Crippen LogP contribution in [-0.4, -0.2) is 27.3 Å². The van der Waals surface area contributed by atoms with Crippen LogP contribution >= 0.6 is 23.4 Å².